The Morgan fingerprint density at radius 1 is 0.481 bits per heavy atom. The Bertz CT molecular complexity index is 1500. The maximum atomic E-state index is 13.5. The van der Waals surface area contributed by atoms with Crippen molar-refractivity contribution in [2.45, 2.75) is 372 Å². The summed E-state index contributed by atoms with van der Waals surface area (Å²) in [5, 5.41) is 57.1. The summed E-state index contributed by atoms with van der Waals surface area (Å²) in [4.78, 5) is 26.6. The highest BCUT2D eigenvalue weighted by molar-refractivity contribution is 5.80. The minimum absolute atomic E-state index is 0.120. The molecule has 0 aromatic carbocycles. The zero-order valence-corrected chi connectivity index (χ0v) is 52.7. The Labute approximate surface area is 497 Å². The van der Waals surface area contributed by atoms with Crippen LogP contribution in [0.1, 0.15) is 323 Å². The van der Waals surface area contributed by atoms with Gasteiger partial charge in [0.15, 0.2) is 12.4 Å². The second kappa shape index (κ2) is 58.0. The van der Waals surface area contributed by atoms with Crippen LogP contribution in [-0.2, 0) is 23.8 Å². The van der Waals surface area contributed by atoms with Crippen molar-refractivity contribution in [2.24, 2.45) is 0 Å². The highest BCUT2D eigenvalue weighted by Gasteiger charge is 2.47. The van der Waals surface area contributed by atoms with Crippen LogP contribution in [0.15, 0.2) is 48.6 Å². The summed E-state index contributed by atoms with van der Waals surface area (Å²) in [6.07, 6.45) is 61.5. The van der Waals surface area contributed by atoms with E-state index in [2.05, 4.69) is 62.5 Å². The molecule has 81 heavy (non-hydrogen) atoms. The number of carbonyl (C=O) groups excluding carboxylic acids is 2. The van der Waals surface area contributed by atoms with E-state index < -0.39 is 67.4 Å². The summed E-state index contributed by atoms with van der Waals surface area (Å²) in [5.41, 5.74) is 0. The predicted molar refractivity (Wildman–Crippen MR) is 338 cm³/mol. The molecular weight excluding hydrogens is 1010 g/mol. The molecule has 6 N–H and O–H groups in total. The Morgan fingerprint density at radius 2 is 0.852 bits per heavy atom. The molecule has 0 bridgehead atoms. The molecule has 8 unspecified atom stereocenters. The summed E-state index contributed by atoms with van der Waals surface area (Å²) >= 11 is 0. The molecule has 474 valence electrons. The summed E-state index contributed by atoms with van der Waals surface area (Å²) in [6, 6.07) is -1.02. The average Bonchev–Trinajstić information content (AvgIpc) is 3.50. The third-order valence-electron chi connectivity index (χ3n) is 16.2. The first-order chi connectivity index (χ1) is 39.7. The fourth-order valence-electron chi connectivity index (χ4n) is 10.7. The van der Waals surface area contributed by atoms with Crippen LogP contribution in [0.2, 0.25) is 0 Å². The van der Waals surface area contributed by atoms with Gasteiger partial charge in [0.2, 0.25) is 5.91 Å². The number of hydrogen-bond acceptors (Lipinski definition) is 10. The Morgan fingerprint density at radius 3 is 1.30 bits per heavy atom. The zero-order chi connectivity index (χ0) is 58.9. The van der Waals surface area contributed by atoms with Crippen LogP contribution in [0, 0.1) is 0 Å². The van der Waals surface area contributed by atoms with Crippen molar-refractivity contribution < 1.29 is 49.3 Å². The van der Waals surface area contributed by atoms with Gasteiger partial charge in [-0.05, 0) is 83.5 Å². The van der Waals surface area contributed by atoms with Gasteiger partial charge in [0.25, 0.3) is 0 Å². The fourth-order valence-corrected chi connectivity index (χ4v) is 10.7. The molecule has 1 fully saturated rings. The molecule has 0 aromatic rings. The molecule has 1 aliphatic rings. The first-order valence-electron chi connectivity index (χ1n) is 34.4. The van der Waals surface area contributed by atoms with E-state index in [-0.39, 0.29) is 13.0 Å². The lowest BCUT2D eigenvalue weighted by molar-refractivity contribution is -0.305. The highest BCUT2D eigenvalue weighted by Crippen LogP contribution is 2.26. The quantitative estimate of drug-likeness (QED) is 0.0195. The van der Waals surface area contributed by atoms with Gasteiger partial charge >= 0.3 is 5.97 Å². The predicted octanol–water partition coefficient (Wildman–Crippen LogP) is 17.2. The Kier molecular flexibility index (Phi) is 54.9. The standard InChI is InChI=1S/C70H129NO10/c1-4-7-10-13-16-19-22-24-26-28-29-30-31-32-33-34-36-37-39-42-45-48-51-54-57-63(74)69(78)71-61(62(73)56-53-50-47-44-41-21-18-15-12-9-6-3)60-79-70-68(67(77)66(76)64(59-72)80-70)81-65(75)58-55-52-49-46-43-40-38-35-27-25-23-20-17-14-11-8-5-2/h16,19,24-27,53,56,61-64,66-68,70,72-74,76-77H,4-15,17-18,20-23,28-52,54-55,57-60H2,1-3H3,(H,71,78)/b19-16-,26-24-,27-25+,56-53+. The molecule has 1 amide bonds. The molecule has 1 rings (SSSR count). The highest BCUT2D eigenvalue weighted by atomic mass is 16.7. The van der Waals surface area contributed by atoms with E-state index in [1.54, 1.807) is 6.08 Å². The van der Waals surface area contributed by atoms with E-state index in [0.717, 1.165) is 77.0 Å². The molecule has 8 atom stereocenters. The smallest absolute Gasteiger partial charge is 0.306 e. The first-order valence-corrected chi connectivity index (χ1v) is 34.4. The Hall–Kier alpha value is -2.38. The average molecular weight is 1140 g/mol. The van der Waals surface area contributed by atoms with Gasteiger partial charge in [-0.2, -0.15) is 0 Å². The van der Waals surface area contributed by atoms with Gasteiger partial charge in [0.1, 0.15) is 24.4 Å². The van der Waals surface area contributed by atoms with Crippen molar-refractivity contribution in [3.8, 4) is 0 Å². The minimum atomic E-state index is -1.61. The van der Waals surface area contributed by atoms with Gasteiger partial charge in [-0.3, -0.25) is 9.59 Å². The van der Waals surface area contributed by atoms with Crippen molar-refractivity contribution in [3.63, 3.8) is 0 Å². The molecule has 1 saturated heterocycles. The normalized spacial score (nSPS) is 18.9. The van der Waals surface area contributed by atoms with Crippen LogP contribution in [0.5, 0.6) is 0 Å². The molecule has 0 aliphatic carbocycles. The molecular formula is C70H129NO10. The number of nitrogens with one attached hydrogen (secondary N) is 1. The number of ether oxygens (including phenoxy) is 3. The molecule has 0 aromatic heterocycles. The summed E-state index contributed by atoms with van der Waals surface area (Å²) in [7, 11) is 0. The lowest BCUT2D eigenvalue weighted by atomic mass is 9.99. The largest absolute Gasteiger partial charge is 0.454 e. The summed E-state index contributed by atoms with van der Waals surface area (Å²) in [6.45, 7) is 5.78. The fraction of sp³-hybridized carbons (Fsp3) is 0.857. The molecule has 1 aliphatic heterocycles. The summed E-state index contributed by atoms with van der Waals surface area (Å²) in [5.74, 6) is -1.19. The van der Waals surface area contributed by atoms with E-state index in [9.17, 15) is 35.1 Å². The zero-order valence-electron chi connectivity index (χ0n) is 52.7. The van der Waals surface area contributed by atoms with E-state index in [0.29, 0.717) is 19.3 Å². The Balaban J connectivity index is 2.57. The lowest BCUT2D eigenvalue weighted by Gasteiger charge is -2.41. The number of amides is 1. The third kappa shape index (κ3) is 45.6. The number of aliphatic hydroxyl groups excluding tert-OH is 5. The van der Waals surface area contributed by atoms with Crippen LogP contribution in [0.3, 0.4) is 0 Å². The SMILES string of the molecule is CCCCC/C=C\C/C=C\CCCCCCCCCCCCCCCCC(O)C(=O)NC(COC1OC(CO)C(O)C(O)C1OC(=O)CCCCCCCCC/C=C/CCCCCCCC)C(O)/C=C/CCCCCCCCCCC. The maximum Gasteiger partial charge on any atom is 0.306 e. The number of carbonyl (C=O) groups is 2. The van der Waals surface area contributed by atoms with E-state index >= 15 is 0 Å². The molecule has 11 heteroatoms. The van der Waals surface area contributed by atoms with Gasteiger partial charge in [-0.1, -0.05) is 281 Å². The lowest BCUT2D eigenvalue weighted by Crippen LogP contribution is -2.61. The third-order valence-corrected chi connectivity index (χ3v) is 16.2. The van der Waals surface area contributed by atoms with E-state index in [4.69, 9.17) is 14.2 Å². The van der Waals surface area contributed by atoms with Crippen LogP contribution < -0.4 is 5.32 Å². The number of aliphatic hydroxyl groups is 5. The minimum Gasteiger partial charge on any atom is -0.454 e. The monoisotopic (exact) mass is 1140 g/mol. The molecule has 1 heterocycles. The van der Waals surface area contributed by atoms with Crippen molar-refractivity contribution in [1.82, 2.24) is 5.32 Å². The molecule has 11 nitrogen and oxygen atoms in total. The van der Waals surface area contributed by atoms with Gasteiger partial charge in [0.05, 0.1) is 25.4 Å². The second-order valence-corrected chi connectivity index (χ2v) is 23.9. The van der Waals surface area contributed by atoms with Crippen LogP contribution in [0.4, 0.5) is 0 Å². The first kappa shape index (κ1) is 76.6. The number of esters is 1. The molecule has 0 radical (unpaired) electrons. The van der Waals surface area contributed by atoms with E-state index in [1.807, 2.05) is 6.08 Å². The maximum absolute atomic E-state index is 13.5. The van der Waals surface area contributed by atoms with Gasteiger partial charge in [0, 0.05) is 6.42 Å². The van der Waals surface area contributed by atoms with Crippen molar-refractivity contribution in [1.29, 1.82) is 0 Å². The number of hydrogen-bond donors (Lipinski definition) is 6. The summed E-state index contributed by atoms with van der Waals surface area (Å²) < 4.78 is 17.7. The van der Waals surface area contributed by atoms with Crippen molar-refractivity contribution >= 4 is 11.9 Å². The van der Waals surface area contributed by atoms with Crippen LogP contribution in [-0.4, -0.2) is 99.6 Å². The number of rotatable bonds is 59. The topological polar surface area (TPSA) is 175 Å². The van der Waals surface area contributed by atoms with Gasteiger partial charge in [-0.15, -0.1) is 0 Å². The molecule has 0 saturated carbocycles. The van der Waals surface area contributed by atoms with Crippen LogP contribution >= 0.6 is 0 Å². The van der Waals surface area contributed by atoms with E-state index in [1.165, 1.54) is 199 Å². The van der Waals surface area contributed by atoms with Gasteiger partial charge in [-0.25, -0.2) is 0 Å². The van der Waals surface area contributed by atoms with Crippen LogP contribution in [0.25, 0.3) is 0 Å². The van der Waals surface area contributed by atoms with Gasteiger partial charge < -0.3 is 45.1 Å². The molecule has 0 spiro atoms. The number of unbranched alkanes of at least 4 members (excludes halogenated alkanes) is 39. The second-order valence-electron chi connectivity index (χ2n) is 23.9. The number of allylic oxidation sites excluding steroid dienone is 7. The van der Waals surface area contributed by atoms with Crippen molar-refractivity contribution in [3.05, 3.63) is 48.6 Å². The van der Waals surface area contributed by atoms with Crippen molar-refractivity contribution in [2.75, 3.05) is 13.2 Å².